The van der Waals surface area contributed by atoms with E-state index in [4.69, 9.17) is 4.74 Å². The first-order valence-electron chi connectivity index (χ1n) is 11.0. The van der Waals surface area contributed by atoms with E-state index in [1.807, 2.05) is 81.4 Å². The van der Waals surface area contributed by atoms with Gasteiger partial charge in [-0.15, -0.1) is 5.10 Å². The third-order valence-electron chi connectivity index (χ3n) is 5.29. The first kappa shape index (κ1) is 22.9. The first-order valence-corrected chi connectivity index (χ1v) is 11.0. The molecule has 1 amide bonds. The quantitative estimate of drug-likeness (QED) is 0.449. The molecule has 0 aliphatic carbocycles. The maximum atomic E-state index is 12.6. The Labute approximate surface area is 198 Å². The van der Waals surface area contributed by atoms with Gasteiger partial charge in [0.1, 0.15) is 11.6 Å². The normalized spacial score (nSPS) is 10.7. The zero-order valence-electron chi connectivity index (χ0n) is 19.7. The van der Waals surface area contributed by atoms with E-state index in [0.717, 1.165) is 28.1 Å². The number of rotatable bonds is 7. The Morgan fingerprint density at radius 3 is 2.59 bits per heavy atom. The molecule has 34 heavy (non-hydrogen) atoms. The molecular formula is C25H27N7O2. The van der Waals surface area contributed by atoms with Crippen molar-refractivity contribution in [2.24, 2.45) is 0 Å². The van der Waals surface area contributed by atoms with Crippen LogP contribution in [0.5, 0.6) is 5.75 Å². The lowest BCUT2D eigenvalue weighted by Gasteiger charge is -2.13. The van der Waals surface area contributed by atoms with Gasteiger partial charge in [-0.1, -0.05) is 36.8 Å². The zero-order valence-corrected chi connectivity index (χ0v) is 19.7. The zero-order chi connectivity index (χ0) is 24.1. The average molecular weight is 458 g/mol. The van der Waals surface area contributed by atoms with Gasteiger partial charge in [-0.2, -0.15) is 4.68 Å². The van der Waals surface area contributed by atoms with Gasteiger partial charge in [0, 0.05) is 39.3 Å². The van der Waals surface area contributed by atoms with Gasteiger partial charge in [0.25, 0.3) is 0 Å². The fraction of sp³-hybridized carbons (Fsp3) is 0.240. The van der Waals surface area contributed by atoms with Crippen molar-refractivity contribution in [3.05, 3.63) is 77.7 Å². The van der Waals surface area contributed by atoms with Crippen LogP contribution in [0.25, 0.3) is 16.8 Å². The molecule has 0 fully saturated rings. The number of nitrogens with zero attached hydrogens (tertiary/aromatic N) is 6. The summed E-state index contributed by atoms with van der Waals surface area (Å²) in [6.07, 6.45) is 1.83. The van der Waals surface area contributed by atoms with Gasteiger partial charge >= 0.3 is 6.09 Å². The highest BCUT2D eigenvalue weighted by Gasteiger charge is 2.13. The van der Waals surface area contributed by atoms with Gasteiger partial charge in [-0.25, -0.2) is 9.78 Å². The molecule has 2 heterocycles. The molecule has 0 atom stereocenters. The fourth-order valence-electron chi connectivity index (χ4n) is 3.44. The Morgan fingerprint density at radius 1 is 1.06 bits per heavy atom. The minimum Gasteiger partial charge on any atom is -0.410 e. The molecule has 174 valence electrons. The molecule has 4 aromatic rings. The number of hydrogen-bond donors (Lipinski definition) is 1. The van der Waals surface area contributed by atoms with E-state index in [-0.39, 0.29) is 0 Å². The summed E-state index contributed by atoms with van der Waals surface area (Å²) in [6, 6.07) is 17.5. The fourth-order valence-corrected chi connectivity index (χ4v) is 3.44. The number of amides is 1. The molecule has 9 nitrogen and oxygen atoms in total. The van der Waals surface area contributed by atoms with E-state index >= 15 is 0 Å². The van der Waals surface area contributed by atoms with Gasteiger partial charge in [-0.3, -0.25) is 0 Å². The van der Waals surface area contributed by atoms with Gasteiger partial charge in [0.05, 0.1) is 5.69 Å². The number of ether oxygens (including phenoxy) is 1. The molecule has 9 heteroatoms. The maximum absolute atomic E-state index is 12.6. The number of pyridine rings is 1. The lowest BCUT2D eigenvalue weighted by molar-refractivity contribution is 0.200. The molecule has 0 saturated carbocycles. The Balaban J connectivity index is 1.58. The topological polar surface area (TPSA) is 98.1 Å². The van der Waals surface area contributed by atoms with E-state index < -0.39 is 6.09 Å². The highest BCUT2D eigenvalue weighted by molar-refractivity contribution is 5.74. The number of carbonyl (C=O) groups excluding carboxylic acids is 1. The summed E-state index contributed by atoms with van der Waals surface area (Å²) in [6.45, 7) is 4.34. The summed E-state index contributed by atoms with van der Waals surface area (Å²) in [7, 11) is 3.84. The largest absolute Gasteiger partial charge is 0.412 e. The summed E-state index contributed by atoms with van der Waals surface area (Å²) < 4.78 is 7.31. The highest BCUT2D eigenvalue weighted by Crippen LogP contribution is 2.28. The average Bonchev–Trinajstić information content (AvgIpc) is 3.32. The van der Waals surface area contributed by atoms with Crippen molar-refractivity contribution >= 4 is 11.9 Å². The minimum absolute atomic E-state index is 0.319. The van der Waals surface area contributed by atoms with Crippen LogP contribution in [-0.4, -0.2) is 45.4 Å². The Morgan fingerprint density at radius 2 is 1.85 bits per heavy atom. The predicted octanol–water partition coefficient (Wildman–Crippen LogP) is 3.95. The van der Waals surface area contributed by atoms with Crippen LogP contribution in [0, 0.1) is 6.92 Å². The second kappa shape index (κ2) is 10.1. The van der Waals surface area contributed by atoms with Crippen LogP contribution in [0.1, 0.15) is 23.9 Å². The van der Waals surface area contributed by atoms with Crippen molar-refractivity contribution in [1.82, 2.24) is 30.5 Å². The molecule has 0 bridgehead atoms. The highest BCUT2D eigenvalue weighted by atomic mass is 16.6. The second-order valence-corrected chi connectivity index (χ2v) is 8.10. The monoisotopic (exact) mass is 457 g/mol. The van der Waals surface area contributed by atoms with Crippen molar-refractivity contribution < 1.29 is 9.53 Å². The predicted molar refractivity (Wildman–Crippen MR) is 130 cm³/mol. The Hall–Kier alpha value is -4.27. The number of aromatic nitrogens is 5. The molecular weight excluding hydrogens is 430 g/mol. The number of aryl methyl sites for hydroxylation is 2. The number of benzene rings is 2. The molecule has 0 unspecified atom stereocenters. The van der Waals surface area contributed by atoms with Crippen molar-refractivity contribution in [1.29, 1.82) is 0 Å². The van der Waals surface area contributed by atoms with E-state index in [1.54, 1.807) is 16.9 Å². The van der Waals surface area contributed by atoms with Crippen molar-refractivity contribution in [3.63, 3.8) is 0 Å². The van der Waals surface area contributed by atoms with Crippen LogP contribution >= 0.6 is 0 Å². The lowest BCUT2D eigenvalue weighted by Crippen LogP contribution is -2.26. The van der Waals surface area contributed by atoms with Crippen molar-refractivity contribution in [3.8, 4) is 22.6 Å². The number of carbonyl (C=O) groups is 1. The molecule has 0 aliphatic rings. The second-order valence-electron chi connectivity index (χ2n) is 8.10. The number of anilines is 1. The van der Waals surface area contributed by atoms with Crippen LogP contribution < -0.4 is 15.0 Å². The van der Waals surface area contributed by atoms with E-state index in [0.29, 0.717) is 30.2 Å². The Kier molecular flexibility index (Phi) is 6.82. The summed E-state index contributed by atoms with van der Waals surface area (Å²) in [5.41, 5.74) is 4.69. The first-order chi connectivity index (χ1) is 16.4. The van der Waals surface area contributed by atoms with E-state index in [9.17, 15) is 4.79 Å². The SMILES string of the molecule is CCc1nnnn1-c1cc(OC(=O)NCc2ccnc(N(C)C)c2)cc(-c2ccc(C)cc2)c1. The van der Waals surface area contributed by atoms with E-state index in [1.165, 1.54) is 0 Å². The Bertz CT molecular complexity index is 1280. The lowest BCUT2D eigenvalue weighted by atomic mass is 10.0. The molecule has 2 aromatic carbocycles. The smallest absolute Gasteiger partial charge is 0.410 e. The van der Waals surface area contributed by atoms with Crippen LogP contribution in [0.4, 0.5) is 10.6 Å². The molecule has 1 N–H and O–H groups in total. The third kappa shape index (κ3) is 5.37. The number of tetrazole rings is 1. The van der Waals surface area contributed by atoms with Crippen LogP contribution in [0.3, 0.4) is 0 Å². The molecule has 0 radical (unpaired) electrons. The molecule has 2 aromatic heterocycles. The van der Waals surface area contributed by atoms with Crippen molar-refractivity contribution in [2.45, 2.75) is 26.8 Å². The maximum Gasteiger partial charge on any atom is 0.412 e. The van der Waals surface area contributed by atoms with Crippen molar-refractivity contribution in [2.75, 3.05) is 19.0 Å². The third-order valence-corrected chi connectivity index (χ3v) is 5.29. The molecule has 0 aliphatic heterocycles. The molecule has 4 rings (SSSR count). The summed E-state index contributed by atoms with van der Waals surface area (Å²) >= 11 is 0. The van der Waals surface area contributed by atoms with Gasteiger partial charge in [-0.05, 0) is 58.3 Å². The standard InChI is InChI=1S/C25H27N7O2/c1-5-23-28-29-30-32(23)21-13-20(19-8-6-17(2)7-9-19)14-22(15-21)34-25(33)27-16-18-10-11-26-24(12-18)31(3)4/h6-15H,5,16H2,1-4H3,(H,27,33). The van der Waals surface area contributed by atoms with Gasteiger partial charge in [0.2, 0.25) is 0 Å². The summed E-state index contributed by atoms with van der Waals surface area (Å²) in [5.74, 6) is 1.92. The molecule has 0 spiro atoms. The van der Waals surface area contributed by atoms with Gasteiger partial charge < -0.3 is 15.0 Å². The van der Waals surface area contributed by atoms with E-state index in [2.05, 4.69) is 25.8 Å². The van der Waals surface area contributed by atoms with Gasteiger partial charge in [0.15, 0.2) is 5.82 Å². The number of hydrogen-bond acceptors (Lipinski definition) is 7. The van der Waals surface area contributed by atoms with Crippen LogP contribution in [0.15, 0.2) is 60.8 Å². The summed E-state index contributed by atoms with van der Waals surface area (Å²) in [5, 5.41) is 14.8. The van der Waals surface area contributed by atoms with Crippen LogP contribution in [0.2, 0.25) is 0 Å². The van der Waals surface area contributed by atoms with Crippen LogP contribution in [-0.2, 0) is 13.0 Å². The molecule has 0 saturated heterocycles. The number of nitrogens with one attached hydrogen (secondary N) is 1. The minimum atomic E-state index is -0.553. The summed E-state index contributed by atoms with van der Waals surface area (Å²) in [4.78, 5) is 18.8.